The minimum absolute atomic E-state index is 0.153. The van der Waals surface area contributed by atoms with E-state index in [1.54, 1.807) is 12.1 Å². The molecule has 1 unspecified atom stereocenters. The molecule has 2 heterocycles. The van der Waals surface area contributed by atoms with Crippen LogP contribution in [0.2, 0.25) is 0 Å². The predicted molar refractivity (Wildman–Crippen MR) is 125 cm³/mol. The Morgan fingerprint density at radius 1 is 1.17 bits per heavy atom. The predicted octanol–water partition coefficient (Wildman–Crippen LogP) is 3.14. The molecule has 2 aromatic carbocycles. The number of nitrogens with zero attached hydrogens (tertiary/aromatic N) is 3. The van der Waals surface area contributed by atoms with E-state index in [2.05, 4.69) is 15.7 Å². The summed E-state index contributed by atoms with van der Waals surface area (Å²) in [4.78, 5) is 35.9. The number of carbonyl (C=O) groups excluding carboxylic acids is 2. The number of non-ortho nitro benzene ring substituents is 1. The standard InChI is InChI=1S/C23H23N5O7/c1-33-12-16-21(13-7-8-18(34-2)19(9-13)35-3)22-25-23(30)17(27(22)26-16)11-20(29)24-14-5-4-6-15(10-14)28(31)32/h4-10,17H,11-12H2,1-3H3,(H,24,29)(H,25,30). The highest BCUT2D eigenvalue weighted by Crippen LogP contribution is 2.41. The maximum absolute atomic E-state index is 12.8. The molecule has 1 atom stereocenters. The van der Waals surface area contributed by atoms with Crippen LogP contribution in [0.15, 0.2) is 42.5 Å². The summed E-state index contributed by atoms with van der Waals surface area (Å²) < 4.78 is 17.5. The first kappa shape index (κ1) is 23.7. The number of aromatic nitrogens is 2. The first-order valence-corrected chi connectivity index (χ1v) is 10.5. The molecule has 2 amide bonds. The smallest absolute Gasteiger partial charge is 0.271 e. The van der Waals surface area contributed by atoms with E-state index in [9.17, 15) is 19.7 Å². The zero-order valence-electron chi connectivity index (χ0n) is 19.2. The summed E-state index contributed by atoms with van der Waals surface area (Å²) in [6, 6.07) is 9.99. The van der Waals surface area contributed by atoms with Gasteiger partial charge in [0.25, 0.3) is 11.6 Å². The number of hydrogen-bond acceptors (Lipinski definition) is 8. The van der Waals surface area contributed by atoms with Crippen molar-refractivity contribution in [1.29, 1.82) is 0 Å². The fourth-order valence-electron chi connectivity index (χ4n) is 3.93. The van der Waals surface area contributed by atoms with Gasteiger partial charge in [0.2, 0.25) is 5.91 Å². The number of anilines is 2. The first-order chi connectivity index (χ1) is 16.9. The molecular weight excluding hydrogens is 458 g/mol. The normalized spacial score (nSPS) is 14.3. The SMILES string of the molecule is COCc1nn2c(c1-c1ccc(OC)c(OC)c1)NC(=O)C2CC(=O)Nc1cccc([N+](=O)[O-])c1. The summed E-state index contributed by atoms with van der Waals surface area (Å²) in [6.07, 6.45) is -0.221. The van der Waals surface area contributed by atoms with Crippen molar-refractivity contribution < 1.29 is 28.7 Å². The maximum Gasteiger partial charge on any atom is 0.271 e. The highest BCUT2D eigenvalue weighted by Gasteiger charge is 2.37. The monoisotopic (exact) mass is 481 g/mol. The number of benzene rings is 2. The molecule has 1 aliphatic heterocycles. The highest BCUT2D eigenvalue weighted by atomic mass is 16.6. The number of amides is 2. The number of carbonyl (C=O) groups is 2. The Bertz CT molecular complexity index is 1300. The summed E-state index contributed by atoms with van der Waals surface area (Å²) >= 11 is 0. The summed E-state index contributed by atoms with van der Waals surface area (Å²) in [5, 5.41) is 21.0. The Labute approximate surface area is 199 Å². The van der Waals surface area contributed by atoms with Crippen LogP contribution in [0.3, 0.4) is 0 Å². The molecule has 2 N–H and O–H groups in total. The number of rotatable bonds is 9. The van der Waals surface area contributed by atoms with Gasteiger partial charge >= 0.3 is 0 Å². The second kappa shape index (κ2) is 9.81. The van der Waals surface area contributed by atoms with Crippen molar-refractivity contribution in [3.8, 4) is 22.6 Å². The van der Waals surface area contributed by atoms with Crippen molar-refractivity contribution in [3.63, 3.8) is 0 Å². The fraction of sp³-hybridized carbons (Fsp3) is 0.261. The molecule has 1 aliphatic rings. The molecular formula is C23H23N5O7. The molecule has 0 aliphatic carbocycles. The lowest BCUT2D eigenvalue weighted by Crippen LogP contribution is -2.24. The van der Waals surface area contributed by atoms with E-state index in [-0.39, 0.29) is 24.4 Å². The van der Waals surface area contributed by atoms with Crippen LogP contribution in [0.4, 0.5) is 17.2 Å². The van der Waals surface area contributed by atoms with Gasteiger partial charge in [0, 0.05) is 24.9 Å². The molecule has 12 nitrogen and oxygen atoms in total. The Morgan fingerprint density at radius 2 is 1.94 bits per heavy atom. The van der Waals surface area contributed by atoms with Crippen molar-refractivity contribution in [3.05, 3.63) is 58.3 Å². The molecule has 0 bridgehead atoms. The Morgan fingerprint density at radius 3 is 2.63 bits per heavy atom. The minimum atomic E-state index is -0.909. The fourth-order valence-corrected chi connectivity index (χ4v) is 3.93. The number of fused-ring (bicyclic) bond motifs is 1. The number of hydrogen-bond donors (Lipinski definition) is 2. The molecule has 4 rings (SSSR count). The van der Waals surface area contributed by atoms with Gasteiger partial charge < -0.3 is 24.8 Å². The molecule has 0 fully saturated rings. The summed E-state index contributed by atoms with van der Waals surface area (Å²) in [7, 11) is 4.60. The van der Waals surface area contributed by atoms with E-state index in [0.29, 0.717) is 28.6 Å². The van der Waals surface area contributed by atoms with Gasteiger partial charge in [-0.25, -0.2) is 4.68 Å². The van der Waals surface area contributed by atoms with Crippen LogP contribution >= 0.6 is 0 Å². The van der Waals surface area contributed by atoms with Crippen LogP contribution in [0, 0.1) is 10.1 Å². The van der Waals surface area contributed by atoms with Crippen LogP contribution in [0.1, 0.15) is 18.2 Å². The van der Waals surface area contributed by atoms with E-state index < -0.39 is 22.8 Å². The molecule has 0 radical (unpaired) electrons. The van der Waals surface area contributed by atoms with Crippen LogP contribution in [-0.2, 0) is 20.9 Å². The average Bonchev–Trinajstić information content (AvgIpc) is 3.33. The van der Waals surface area contributed by atoms with E-state index >= 15 is 0 Å². The lowest BCUT2D eigenvalue weighted by atomic mass is 10.0. The molecule has 35 heavy (non-hydrogen) atoms. The second-order valence-electron chi connectivity index (χ2n) is 7.68. The topological polar surface area (TPSA) is 147 Å². The van der Waals surface area contributed by atoms with Crippen LogP contribution < -0.4 is 20.1 Å². The first-order valence-electron chi connectivity index (χ1n) is 10.5. The van der Waals surface area contributed by atoms with Crippen LogP contribution in [0.25, 0.3) is 11.1 Å². The molecule has 1 aromatic heterocycles. The number of nitrogens with one attached hydrogen (secondary N) is 2. The van der Waals surface area contributed by atoms with Crippen LogP contribution in [-0.4, -0.2) is 47.8 Å². The third-order valence-corrected chi connectivity index (χ3v) is 5.50. The van der Waals surface area contributed by atoms with E-state index in [4.69, 9.17) is 14.2 Å². The number of ether oxygens (including phenoxy) is 3. The Hall–Kier alpha value is -4.45. The molecule has 12 heteroatoms. The zero-order valence-corrected chi connectivity index (χ0v) is 19.2. The van der Waals surface area contributed by atoms with Crippen LogP contribution in [0.5, 0.6) is 11.5 Å². The Kier molecular flexibility index (Phi) is 6.64. The van der Waals surface area contributed by atoms with Crippen molar-refractivity contribution in [2.75, 3.05) is 32.0 Å². The molecule has 0 saturated carbocycles. The van der Waals surface area contributed by atoms with Gasteiger partial charge in [-0.15, -0.1) is 0 Å². The van der Waals surface area contributed by atoms with Gasteiger partial charge in [0.15, 0.2) is 11.5 Å². The molecule has 3 aromatic rings. The summed E-state index contributed by atoms with van der Waals surface area (Å²) in [5.41, 5.74) is 2.04. The molecule has 182 valence electrons. The van der Waals surface area contributed by atoms with Crippen molar-refractivity contribution in [2.24, 2.45) is 0 Å². The number of nitro groups is 1. The van der Waals surface area contributed by atoms with E-state index in [0.717, 1.165) is 5.56 Å². The van der Waals surface area contributed by atoms with E-state index in [1.165, 1.54) is 50.3 Å². The van der Waals surface area contributed by atoms with Gasteiger partial charge in [-0.1, -0.05) is 12.1 Å². The maximum atomic E-state index is 12.8. The van der Waals surface area contributed by atoms with E-state index in [1.807, 2.05) is 6.07 Å². The van der Waals surface area contributed by atoms with Gasteiger partial charge in [0.05, 0.1) is 43.4 Å². The lowest BCUT2D eigenvalue weighted by molar-refractivity contribution is -0.384. The van der Waals surface area contributed by atoms with Crippen molar-refractivity contribution in [2.45, 2.75) is 19.1 Å². The largest absolute Gasteiger partial charge is 0.493 e. The molecule has 0 saturated heterocycles. The zero-order chi connectivity index (χ0) is 25.1. The Balaban J connectivity index is 1.63. The van der Waals surface area contributed by atoms with Crippen molar-refractivity contribution in [1.82, 2.24) is 9.78 Å². The van der Waals surface area contributed by atoms with Gasteiger partial charge in [-0.3, -0.25) is 19.7 Å². The van der Waals surface area contributed by atoms with Crippen molar-refractivity contribution >= 4 is 29.0 Å². The second-order valence-corrected chi connectivity index (χ2v) is 7.68. The quantitative estimate of drug-likeness (QED) is 0.350. The summed E-state index contributed by atoms with van der Waals surface area (Å²) in [5.74, 6) is 0.600. The third-order valence-electron chi connectivity index (χ3n) is 5.50. The number of nitro benzene ring substituents is 1. The highest BCUT2D eigenvalue weighted by molar-refractivity contribution is 6.04. The van der Waals surface area contributed by atoms with Gasteiger partial charge in [-0.05, 0) is 23.8 Å². The molecule has 0 spiro atoms. The minimum Gasteiger partial charge on any atom is -0.493 e. The third kappa shape index (κ3) is 4.64. The van der Waals surface area contributed by atoms with Gasteiger partial charge in [-0.2, -0.15) is 5.10 Å². The number of methoxy groups -OCH3 is 3. The summed E-state index contributed by atoms with van der Waals surface area (Å²) in [6.45, 7) is 0.173. The van der Waals surface area contributed by atoms with Gasteiger partial charge in [0.1, 0.15) is 11.9 Å². The average molecular weight is 481 g/mol. The lowest BCUT2D eigenvalue weighted by Gasteiger charge is -2.11.